The zero-order valence-electron chi connectivity index (χ0n) is 5.87. The Morgan fingerprint density at radius 3 is 3.27 bits per heavy atom. The molecule has 0 fully saturated rings. The van der Waals surface area contributed by atoms with E-state index in [2.05, 4.69) is 4.98 Å². The van der Waals surface area contributed by atoms with Gasteiger partial charge in [0.2, 0.25) is 0 Å². The molecule has 2 N–H and O–H groups in total. The van der Waals surface area contributed by atoms with E-state index in [0.29, 0.717) is 6.54 Å². The van der Waals surface area contributed by atoms with Crippen LogP contribution < -0.4 is 4.90 Å². The van der Waals surface area contributed by atoms with Crippen LogP contribution >= 0.6 is 0 Å². The number of aromatic amines is 1. The zero-order chi connectivity index (χ0) is 7.84. The minimum Gasteiger partial charge on any atom is -0.465 e. The van der Waals surface area contributed by atoms with Gasteiger partial charge in [0, 0.05) is 24.9 Å². The third-order valence-corrected chi connectivity index (χ3v) is 1.92. The Bertz CT molecular complexity index is 292. The van der Waals surface area contributed by atoms with Crippen molar-refractivity contribution in [2.75, 3.05) is 11.4 Å². The van der Waals surface area contributed by atoms with Gasteiger partial charge in [-0.15, -0.1) is 0 Å². The molecule has 0 aliphatic carbocycles. The molecule has 2 heterocycles. The summed E-state index contributed by atoms with van der Waals surface area (Å²) in [6, 6.07) is 1.79. The van der Waals surface area contributed by atoms with Gasteiger partial charge in [-0.2, -0.15) is 0 Å². The van der Waals surface area contributed by atoms with Gasteiger partial charge in [0.15, 0.2) is 0 Å². The Balaban J connectivity index is 2.38. The first-order valence-corrected chi connectivity index (χ1v) is 3.46. The zero-order valence-corrected chi connectivity index (χ0v) is 5.87. The lowest BCUT2D eigenvalue weighted by molar-refractivity contribution is 0.202. The highest BCUT2D eigenvalue weighted by Gasteiger charge is 2.24. The third-order valence-electron chi connectivity index (χ3n) is 1.92. The van der Waals surface area contributed by atoms with E-state index in [0.717, 1.165) is 17.8 Å². The summed E-state index contributed by atoms with van der Waals surface area (Å²) in [7, 11) is 0. The molecule has 0 aromatic carbocycles. The quantitative estimate of drug-likeness (QED) is 0.583. The van der Waals surface area contributed by atoms with E-state index in [-0.39, 0.29) is 0 Å². The number of carbonyl (C=O) groups is 1. The smallest absolute Gasteiger partial charge is 0.411 e. The lowest BCUT2D eigenvalue weighted by Crippen LogP contribution is -2.26. The Hall–Kier alpha value is -1.45. The molecule has 1 aliphatic rings. The molecule has 0 saturated heterocycles. The average Bonchev–Trinajstić information content (AvgIpc) is 2.41. The molecule has 4 heteroatoms. The second kappa shape index (κ2) is 2.02. The van der Waals surface area contributed by atoms with Gasteiger partial charge >= 0.3 is 6.09 Å². The molecule has 1 aromatic heterocycles. The Labute approximate surface area is 63.4 Å². The number of hydrogen-bond acceptors (Lipinski definition) is 1. The van der Waals surface area contributed by atoms with Gasteiger partial charge in [-0.05, 0) is 6.07 Å². The summed E-state index contributed by atoms with van der Waals surface area (Å²) >= 11 is 0. The first kappa shape index (κ1) is 6.27. The molecule has 1 amide bonds. The molecular formula is C7H8N2O2. The van der Waals surface area contributed by atoms with Crippen molar-refractivity contribution in [1.82, 2.24) is 4.98 Å². The largest absolute Gasteiger partial charge is 0.465 e. The van der Waals surface area contributed by atoms with Gasteiger partial charge in [0.05, 0.1) is 5.69 Å². The SMILES string of the molecule is O=C(O)N1CCc2[nH]ccc21. The number of nitrogens with one attached hydrogen (secondary N) is 1. The van der Waals surface area contributed by atoms with Crippen molar-refractivity contribution < 1.29 is 9.90 Å². The van der Waals surface area contributed by atoms with E-state index in [9.17, 15) is 4.79 Å². The number of hydrogen-bond donors (Lipinski definition) is 2. The highest BCUT2D eigenvalue weighted by atomic mass is 16.4. The number of anilines is 1. The van der Waals surface area contributed by atoms with Crippen LogP contribution in [0.15, 0.2) is 12.3 Å². The second-order valence-corrected chi connectivity index (χ2v) is 2.53. The highest BCUT2D eigenvalue weighted by Crippen LogP contribution is 2.25. The third kappa shape index (κ3) is 0.790. The van der Waals surface area contributed by atoms with Crippen LogP contribution in [0.4, 0.5) is 10.5 Å². The Kier molecular flexibility index (Phi) is 1.15. The molecule has 1 aromatic rings. The Morgan fingerprint density at radius 1 is 1.73 bits per heavy atom. The van der Waals surface area contributed by atoms with Crippen molar-refractivity contribution in [2.24, 2.45) is 0 Å². The van der Waals surface area contributed by atoms with Crippen LogP contribution in [0.3, 0.4) is 0 Å². The fraction of sp³-hybridized carbons (Fsp3) is 0.286. The van der Waals surface area contributed by atoms with Gasteiger partial charge in [-0.25, -0.2) is 4.79 Å². The molecule has 0 spiro atoms. The van der Waals surface area contributed by atoms with E-state index in [1.165, 1.54) is 4.90 Å². The molecule has 0 unspecified atom stereocenters. The molecule has 0 radical (unpaired) electrons. The number of H-pyrrole nitrogens is 1. The lowest BCUT2D eigenvalue weighted by Gasteiger charge is -2.09. The van der Waals surface area contributed by atoms with Crippen molar-refractivity contribution in [3.8, 4) is 0 Å². The van der Waals surface area contributed by atoms with Gasteiger partial charge in [-0.1, -0.05) is 0 Å². The van der Waals surface area contributed by atoms with Gasteiger partial charge < -0.3 is 10.1 Å². The maximum Gasteiger partial charge on any atom is 0.411 e. The molecule has 0 atom stereocenters. The van der Waals surface area contributed by atoms with Gasteiger partial charge in [0.25, 0.3) is 0 Å². The second-order valence-electron chi connectivity index (χ2n) is 2.53. The molecule has 4 nitrogen and oxygen atoms in total. The van der Waals surface area contributed by atoms with Crippen molar-refractivity contribution in [2.45, 2.75) is 6.42 Å². The Morgan fingerprint density at radius 2 is 2.55 bits per heavy atom. The molecule has 2 rings (SSSR count). The normalized spacial score (nSPS) is 15.1. The predicted molar refractivity (Wildman–Crippen MR) is 39.9 cm³/mol. The molecule has 0 saturated carbocycles. The number of nitrogens with zero attached hydrogens (tertiary/aromatic N) is 1. The maximum atomic E-state index is 10.6. The summed E-state index contributed by atoms with van der Waals surface area (Å²) in [6.45, 7) is 0.581. The summed E-state index contributed by atoms with van der Waals surface area (Å²) in [4.78, 5) is 14.9. The maximum absolute atomic E-state index is 10.6. The van der Waals surface area contributed by atoms with E-state index >= 15 is 0 Å². The first-order chi connectivity index (χ1) is 5.29. The summed E-state index contributed by atoms with van der Waals surface area (Å²) in [5.41, 5.74) is 1.82. The van der Waals surface area contributed by atoms with Crippen LogP contribution in [0.25, 0.3) is 0 Å². The number of amides is 1. The number of carboxylic acid groups (broad SMARTS) is 1. The van der Waals surface area contributed by atoms with Crippen molar-refractivity contribution in [3.63, 3.8) is 0 Å². The van der Waals surface area contributed by atoms with Crippen molar-refractivity contribution >= 4 is 11.8 Å². The van der Waals surface area contributed by atoms with E-state index in [1.54, 1.807) is 12.3 Å². The number of fused-ring (bicyclic) bond motifs is 1. The van der Waals surface area contributed by atoms with E-state index in [1.807, 2.05) is 0 Å². The summed E-state index contributed by atoms with van der Waals surface area (Å²) < 4.78 is 0. The summed E-state index contributed by atoms with van der Waals surface area (Å²) in [5, 5.41) is 8.69. The molecule has 1 aliphatic heterocycles. The van der Waals surface area contributed by atoms with E-state index < -0.39 is 6.09 Å². The minimum absolute atomic E-state index is 0.581. The van der Waals surface area contributed by atoms with E-state index in [4.69, 9.17) is 5.11 Å². The van der Waals surface area contributed by atoms with Crippen LogP contribution in [-0.4, -0.2) is 22.7 Å². The lowest BCUT2D eigenvalue weighted by atomic mass is 10.3. The van der Waals surface area contributed by atoms with Crippen LogP contribution in [0.1, 0.15) is 5.69 Å². The molecular weight excluding hydrogens is 144 g/mol. The first-order valence-electron chi connectivity index (χ1n) is 3.46. The van der Waals surface area contributed by atoms with Crippen LogP contribution in [0.2, 0.25) is 0 Å². The van der Waals surface area contributed by atoms with Gasteiger partial charge in [-0.3, -0.25) is 4.90 Å². The highest BCUT2D eigenvalue weighted by molar-refractivity contribution is 5.88. The minimum atomic E-state index is -0.872. The summed E-state index contributed by atoms with van der Waals surface area (Å²) in [5.74, 6) is 0. The van der Waals surface area contributed by atoms with Crippen LogP contribution in [-0.2, 0) is 6.42 Å². The van der Waals surface area contributed by atoms with Crippen molar-refractivity contribution in [3.05, 3.63) is 18.0 Å². The van der Waals surface area contributed by atoms with Crippen LogP contribution in [0, 0.1) is 0 Å². The fourth-order valence-electron chi connectivity index (χ4n) is 1.39. The number of aromatic nitrogens is 1. The fourth-order valence-corrected chi connectivity index (χ4v) is 1.39. The average molecular weight is 152 g/mol. The topological polar surface area (TPSA) is 56.3 Å². The monoisotopic (exact) mass is 152 g/mol. The van der Waals surface area contributed by atoms with Crippen LogP contribution in [0.5, 0.6) is 0 Å². The molecule has 0 bridgehead atoms. The predicted octanol–water partition coefficient (Wildman–Crippen LogP) is 1.06. The molecule has 58 valence electrons. The van der Waals surface area contributed by atoms with Crippen molar-refractivity contribution in [1.29, 1.82) is 0 Å². The molecule has 11 heavy (non-hydrogen) atoms. The number of rotatable bonds is 0. The summed E-state index contributed by atoms with van der Waals surface area (Å²) in [6.07, 6.45) is 1.69. The van der Waals surface area contributed by atoms with Gasteiger partial charge in [0.1, 0.15) is 0 Å². The standard InChI is InChI=1S/C7H8N2O2/c10-7(11)9-4-2-5-6(9)1-3-8-5/h1,3,8H,2,4H2,(H,10,11).